The average Bonchev–Trinajstić information content (AvgIpc) is 3.54. The van der Waals surface area contributed by atoms with Crippen LogP contribution in [0, 0.1) is 6.92 Å². The van der Waals surface area contributed by atoms with Gasteiger partial charge in [-0.2, -0.15) is 9.40 Å². The fourth-order valence-corrected chi connectivity index (χ4v) is 5.88. The van der Waals surface area contributed by atoms with E-state index in [9.17, 15) is 18.0 Å². The number of amides is 1. The zero-order chi connectivity index (χ0) is 26.3. The Kier molecular flexibility index (Phi) is 6.21. The molecular weight excluding hydrogens is 502 g/mol. The van der Waals surface area contributed by atoms with Crippen LogP contribution in [-0.2, 0) is 10.0 Å². The number of carbonyl (C=O) groups is 1. The number of methoxy groups -OCH3 is 2. The van der Waals surface area contributed by atoms with Gasteiger partial charge in [0.15, 0.2) is 0 Å². The summed E-state index contributed by atoms with van der Waals surface area (Å²) in [4.78, 5) is 29.9. The van der Waals surface area contributed by atoms with E-state index in [4.69, 9.17) is 9.47 Å². The minimum atomic E-state index is -3.88. The Morgan fingerprint density at radius 3 is 2.54 bits per heavy atom. The molecule has 1 fully saturated rings. The lowest BCUT2D eigenvalue weighted by atomic mass is 10.2. The highest BCUT2D eigenvalue weighted by atomic mass is 32.2. The van der Waals surface area contributed by atoms with E-state index in [1.165, 1.54) is 40.0 Å². The van der Waals surface area contributed by atoms with Gasteiger partial charge in [-0.15, -0.1) is 5.10 Å². The summed E-state index contributed by atoms with van der Waals surface area (Å²) in [6, 6.07) is 7.94. The van der Waals surface area contributed by atoms with Gasteiger partial charge in [-0.1, -0.05) is 0 Å². The zero-order valence-electron chi connectivity index (χ0n) is 20.4. The van der Waals surface area contributed by atoms with Crippen LogP contribution < -0.4 is 15.0 Å². The maximum atomic E-state index is 13.3. The quantitative estimate of drug-likeness (QED) is 0.386. The van der Waals surface area contributed by atoms with Crippen LogP contribution in [-0.4, -0.2) is 88.3 Å². The Morgan fingerprint density at radius 2 is 1.84 bits per heavy atom. The second kappa shape index (κ2) is 9.37. The maximum Gasteiger partial charge on any atom is 0.276 e. The fourth-order valence-electron chi connectivity index (χ4n) is 4.29. The average molecular weight is 528 g/mol. The van der Waals surface area contributed by atoms with Crippen molar-refractivity contribution in [3.63, 3.8) is 0 Å². The van der Waals surface area contributed by atoms with E-state index in [0.29, 0.717) is 22.5 Å². The first kappa shape index (κ1) is 24.5. The highest BCUT2D eigenvalue weighted by Crippen LogP contribution is 2.31. The van der Waals surface area contributed by atoms with Crippen LogP contribution in [0.25, 0.3) is 11.5 Å². The molecule has 0 spiro atoms. The molecule has 1 amide bonds. The molecule has 1 aliphatic rings. The summed E-state index contributed by atoms with van der Waals surface area (Å²) < 4.78 is 41.3. The SMILES string of the molecule is COc1ccc(OC)c(S(=O)(=O)N2CCN(C(=O)c3cnn(-c4nn5cccc5c(=O)[nH]4)c3C)CC2)c1. The number of benzene rings is 1. The zero-order valence-corrected chi connectivity index (χ0v) is 21.2. The summed E-state index contributed by atoms with van der Waals surface area (Å²) in [5, 5.41) is 8.60. The van der Waals surface area contributed by atoms with Gasteiger partial charge in [0.05, 0.1) is 31.7 Å². The molecule has 3 aromatic heterocycles. The van der Waals surface area contributed by atoms with Crippen LogP contribution in [0.2, 0.25) is 0 Å². The molecule has 1 saturated heterocycles. The van der Waals surface area contributed by atoms with Crippen LogP contribution >= 0.6 is 0 Å². The molecule has 5 rings (SSSR count). The van der Waals surface area contributed by atoms with E-state index in [2.05, 4.69) is 15.2 Å². The number of fused-ring (bicyclic) bond motifs is 1. The van der Waals surface area contributed by atoms with Gasteiger partial charge >= 0.3 is 0 Å². The van der Waals surface area contributed by atoms with Crippen molar-refractivity contribution in [1.82, 2.24) is 33.6 Å². The Labute approximate surface area is 211 Å². The van der Waals surface area contributed by atoms with Gasteiger partial charge in [0.1, 0.15) is 21.9 Å². The second-order valence-corrected chi connectivity index (χ2v) is 10.3. The summed E-state index contributed by atoms with van der Waals surface area (Å²) in [7, 11) is -1.02. The molecule has 14 heteroatoms. The predicted octanol–water partition coefficient (Wildman–Crippen LogP) is 0.681. The van der Waals surface area contributed by atoms with Crippen LogP contribution in [0.15, 0.2) is 52.4 Å². The van der Waals surface area contributed by atoms with Gasteiger partial charge in [-0.05, 0) is 31.2 Å². The largest absolute Gasteiger partial charge is 0.497 e. The van der Waals surface area contributed by atoms with Gasteiger partial charge in [0.25, 0.3) is 11.5 Å². The molecule has 37 heavy (non-hydrogen) atoms. The maximum absolute atomic E-state index is 13.3. The molecule has 194 valence electrons. The van der Waals surface area contributed by atoms with Crippen molar-refractivity contribution < 1.29 is 22.7 Å². The number of carbonyl (C=O) groups excluding carboxylic acids is 1. The summed E-state index contributed by atoms with van der Waals surface area (Å²) in [5.41, 5.74) is 0.892. The van der Waals surface area contributed by atoms with Gasteiger partial charge in [-0.25, -0.2) is 17.6 Å². The Balaban J connectivity index is 1.34. The monoisotopic (exact) mass is 527 g/mol. The van der Waals surface area contributed by atoms with Crippen LogP contribution in [0.3, 0.4) is 0 Å². The molecule has 13 nitrogen and oxygen atoms in total. The van der Waals surface area contributed by atoms with Gasteiger partial charge in [-0.3, -0.25) is 14.6 Å². The normalized spacial score (nSPS) is 14.7. The van der Waals surface area contributed by atoms with E-state index in [-0.39, 0.29) is 54.2 Å². The number of nitrogens with one attached hydrogen (secondary N) is 1. The number of ether oxygens (including phenoxy) is 2. The van der Waals surface area contributed by atoms with E-state index < -0.39 is 10.0 Å². The van der Waals surface area contributed by atoms with Crippen molar-refractivity contribution in [2.45, 2.75) is 11.8 Å². The lowest BCUT2D eigenvalue weighted by molar-refractivity contribution is 0.0697. The molecule has 1 N–H and O–H groups in total. The molecule has 0 saturated carbocycles. The van der Waals surface area contributed by atoms with Gasteiger partial charge in [0, 0.05) is 38.4 Å². The fraction of sp³-hybridized carbons (Fsp3) is 0.304. The van der Waals surface area contributed by atoms with Crippen molar-refractivity contribution in [3.8, 4) is 17.4 Å². The Morgan fingerprint density at radius 1 is 1.08 bits per heavy atom. The number of rotatable bonds is 6. The first-order chi connectivity index (χ1) is 17.7. The van der Waals surface area contributed by atoms with Crippen molar-refractivity contribution in [1.29, 1.82) is 0 Å². The molecular formula is C23H25N7O6S. The molecule has 0 aliphatic carbocycles. The molecule has 0 atom stereocenters. The Bertz CT molecular complexity index is 1650. The van der Waals surface area contributed by atoms with Gasteiger partial charge in [0.2, 0.25) is 16.0 Å². The van der Waals surface area contributed by atoms with Crippen LogP contribution in [0.1, 0.15) is 16.1 Å². The highest BCUT2D eigenvalue weighted by molar-refractivity contribution is 7.89. The highest BCUT2D eigenvalue weighted by Gasteiger charge is 2.33. The third-order valence-corrected chi connectivity index (χ3v) is 8.26. The number of piperazine rings is 1. The Hall–Kier alpha value is -4.17. The lowest BCUT2D eigenvalue weighted by Gasteiger charge is -2.34. The van der Waals surface area contributed by atoms with E-state index in [1.807, 2.05) is 0 Å². The molecule has 0 radical (unpaired) electrons. The summed E-state index contributed by atoms with van der Waals surface area (Å²) in [6.07, 6.45) is 3.06. The number of hydrogen-bond acceptors (Lipinski definition) is 8. The van der Waals surface area contributed by atoms with E-state index >= 15 is 0 Å². The van der Waals surface area contributed by atoms with Crippen molar-refractivity contribution >= 4 is 21.4 Å². The molecule has 0 bridgehead atoms. The van der Waals surface area contributed by atoms with E-state index in [1.54, 1.807) is 42.3 Å². The third kappa shape index (κ3) is 4.23. The summed E-state index contributed by atoms with van der Waals surface area (Å²) in [6.45, 7) is 2.32. The molecule has 4 heterocycles. The predicted molar refractivity (Wildman–Crippen MR) is 132 cm³/mol. The number of aromatic nitrogens is 5. The number of aromatic amines is 1. The number of nitrogens with zero attached hydrogens (tertiary/aromatic N) is 6. The first-order valence-corrected chi connectivity index (χ1v) is 12.8. The summed E-state index contributed by atoms with van der Waals surface area (Å²) in [5.74, 6) is 0.497. The standard InChI is InChI=1S/C23H25N7O6S/c1-15-17(14-24-30(15)23-25-21(31)18-5-4-8-29(18)26-23)22(32)27-9-11-28(12-10-27)37(33,34)20-13-16(35-2)6-7-19(20)36-3/h4-8,13-14H,9-12H2,1-3H3,(H,25,26,31). The topological polar surface area (TPSA) is 144 Å². The number of sulfonamides is 1. The smallest absolute Gasteiger partial charge is 0.276 e. The van der Waals surface area contributed by atoms with Crippen molar-refractivity contribution in [3.05, 3.63) is 64.3 Å². The first-order valence-electron chi connectivity index (χ1n) is 11.4. The number of H-pyrrole nitrogens is 1. The summed E-state index contributed by atoms with van der Waals surface area (Å²) >= 11 is 0. The number of hydrogen-bond donors (Lipinski definition) is 1. The van der Waals surface area contributed by atoms with E-state index in [0.717, 1.165) is 0 Å². The second-order valence-electron chi connectivity index (χ2n) is 8.38. The molecule has 1 aliphatic heterocycles. The minimum Gasteiger partial charge on any atom is -0.497 e. The van der Waals surface area contributed by atoms with Crippen molar-refractivity contribution in [2.24, 2.45) is 0 Å². The molecule has 1 aromatic carbocycles. The lowest BCUT2D eigenvalue weighted by Crippen LogP contribution is -2.50. The van der Waals surface area contributed by atoms with Crippen molar-refractivity contribution in [2.75, 3.05) is 40.4 Å². The minimum absolute atomic E-state index is 0.00685. The molecule has 4 aromatic rings. The van der Waals surface area contributed by atoms with Crippen LogP contribution in [0.4, 0.5) is 0 Å². The van der Waals surface area contributed by atoms with Gasteiger partial charge < -0.3 is 14.4 Å². The molecule has 0 unspecified atom stereocenters. The third-order valence-electron chi connectivity index (χ3n) is 6.34. The van der Waals surface area contributed by atoms with Crippen LogP contribution in [0.5, 0.6) is 11.5 Å².